The molecule has 23 heavy (non-hydrogen) atoms. The summed E-state index contributed by atoms with van der Waals surface area (Å²) in [5.41, 5.74) is 0.497. The summed E-state index contributed by atoms with van der Waals surface area (Å²) < 4.78 is 10.6. The van der Waals surface area contributed by atoms with E-state index in [1.54, 1.807) is 26.4 Å². The molecule has 0 amide bonds. The van der Waals surface area contributed by atoms with Crippen LogP contribution >= 0.6 is 0 Å². The van der Waals surface area contributed by atoms with Crippen LogP contribution in [0.4, 0.5) is 0 Å². The molecular weight excluding hydrogens is 294 g/mol. The molecule has 1 aromatic carbocycles. The zero-order valence-electron chi connectivity index (χ0n) is 13.7. The molecule has 0 atom stereocenters. The third kappa shape index (κ3) is 3.47. The first-order valence-corrected chi connectivity index (χ1v) is 8.08. The average Bonchev–Trinajstić information content (AvgIpc) is 2.82. The van der Waals surface area contributed by atoms with E-state index in [0.717, 1.165) is 13.1 Å². The fraction of sp³-hybridized carbons (Fsp3) is 0.529. The summed E-state index contributed by atoms with van der Waals surface area (Å²) in [5, 5.41) is 0.516. The van der Waals surface area contributed by atoms with E-state index in [2.05, 4.69) is 14.9 Å². The monoisotopic (exact) mass is 317 g/mol. The van der Waals surface area contributed by atoms with Gasteiger partial charge in [0.2, 0.25) is 0 Å². The quantitative estimate of drug-likeness (QED) is 0.937. The van der Waals surface area contributed by atoms with Crippen LogP contribution < -0.4 is 15.0 Å². The van der Waals surface area contributed by atoms with Crippen molar-refractivity contribution in [3.63, 3.8) is 0 Å². The van der Waals surface area contributed by atoms with Crippen molar-refractivity contribution in [3.8, 4) is 11.5 Å². The molecular formula is C17H23N3O3. The topological polar surface area (TPSA) is 67.5 Å². The fourth-order valence-electron chi connectivity index (χ4n) is 3.10. The van der Waals surface area contributed by atoms with Gasteiger partial charge in [-0.05, 0) is 32.0 Å². The van der Waals surface area contributed by atoms with Gasteiger partial charge < -0.3 is 14.5 Å². The normalized spacial score (nSPS) is 16.3. The number of nitrogens with one attached hydrogen (secondary N) is 1. The molecule has 124 valence electrons. The lowest BCUT2D eigenvalue weighted by Gasteiger charge is -2.19. The summed E-state index contributed by atoms with van der Waals surface area (Å²) in [6, 6.07) is 3.44. The van der Waals surface area contributed by atoms with Gasteiger partial charge in [0.15, 0.2) is 11.5 Å². The van der Waals surface area contributed by atoms with Gasteiger partial charge in [-0.15, -0.1) is 0 Å². The van der Waals surface area contributed by atoms with E-state index in [1.807, 2.05) is 0 Å². The van der Waals surface area contributed by atoms with Crippen LogP contribution in [0.25, 0.3) is 10.9 Å². The number of likely N-dealkylation sites (tertiary alicyclic amines) is 1. The second kappa shape index (κ2) is 7.00. The van der Waals surface area contributed by atoms with Crippen molar-refractivity contribution in [1.82, 2.24) is 14.9 Å². The number of H-pyrrole nitrogens is 1. The first kappa shape index (κ1) is 15.8. The molecule has 0 unspecified atom stereocenters. The van der Waals surface area contributed by atoms with Crippen molar-refractivity contribution in [2.24, 2.45) is 0 Å². The molecule has 1 aliphatic heterocycles. The Morgan fingerprint density at radius 1 is 1.09 bits per heavy atom. The SMILES string of the molecule is COc1cc2nc(CN3CCCCCC3)[nH]c(=O)c2cc1OC. The first-order valence-electron chi connectivity index (χ1n) is 8.08. The van der Waals surface area contributed by atoms with Crippen molar-refractivity contribution in [2.45, 2.75) is 32.2 Å². The van der Waals surface area contributed by atoms with Crippen LogP contribution in [0.1, 0.15) is 31.5 Å². The van der Waals surface area contributed by atoms with Crippen LogP contribution in [0.5, 0.6) is 11.5 Å². The highest BCUT2D eigenvalue weighted by atomic mass is 16.5. The number of fused-ring (bicyclic) bond motifs is 1. The molecule has 0 spiro atoms. The maximum atomic E-state index is 12.4. The second-order valence-corrected chi connectivity index (χ2v) is 5.93. The van der Waals surface area contributed by atoms with Crippen LogP contribution in [-0.4, -0.2) is 42.2 Å². The van der Waals surface area contributed by atoms with Gasteiger partial charge in [0.25, 0.3) is 5.56 Å². The van der Waals surface area contributed by atoms with Crippen LogP contribution in [-0.2, 0) is 6.54 Å². The molecule has 1 N–H and O–H groups in total. The van der Waals surface area contributed by atoms with Crippen molar-refractivity contribution >= 4 is 10.9 Å². The summed E-state index contributed by atoms with van der Waals surface area (Å²) >= 11 is 0. The Labute approximate surface area is 135 Å². The molecule has 1 saturated heterocycles. The first-order chi connectivity index (χ1) is 11.2. The van der Waals surface area contributed by atoms with Crippen LogP contribution in [0.3, 0.4) is 0 Å². The van der Waals surface area contributed by atoms with Gasteiger partial charge in [-0.3, -0.25) is 9.69 Å². The summed E-state index contributed by atoms with van der Waals surface area (Å²) in [6.45, 7) is 2.81. The molecule has 1 aliphatic rings. The predicted octanol–water partition coefficient (Wildman–Crippen LogP) is 2.32. The smallest absolute Gasteiger partial charge is 0.258 e. The number of aromatic amines is 1. The van der Waals surface area contributed by atoms with E-state index >= 15 is 0 Å². The van der Waals surface area contributed by atoms with Crippen molar-refractivity contribution in [2.75, 3.05) is 27.3 Å². The largest absolute Gasteiger partial charge is 0.493 e. The third-order valence-electron chi connectivity index (χ3n) is 4.33. The van der Waals surface area contributed by atoms with Gasteiger partial charge in [-0.1, -0.05) is 12.8 Å². The fourth-order valence-corrected chi connectivity index (χ4v) is 3.10. The zero-order valence-corrected chi connectivity index (χ0v) is 13.7. The van der Waals surface area contributed by atoms with E-state index in [9.17, 15) is 4.79 Å². The Bertz CT molecular complexity index is 734. The van der Waals surface area contributed by atoms with Gasteiger partial charge in [0.1, 0.15) is 5.82 Å². The van der Waals surface area contributed by atoms with Crippen molar-refractivity contribution < 1.29 is 9.47 Å². The van der Waals surface area contributed by atoms with Gasteiger partial charge in [-0.2, -0.15) is 0 Å². The molecule has 6 heteroatoms. The Balaban J connectivity index is 1.94. The number of hydrogen-bond acceptors (Lipinski definition) is 5. The molecule has 0 saturated carbocycles. The lowest BCUT2D eigenvalue weighted by molar-refractivity contribution is 0.270. The molecule has 1 fully saturated rings. The number of hydrogen-bond donors (Lipinski definition) is 1. The standard InChI is InChI=1S/C17H23N3O3/c1-22-14-9-12-13(10-15(14)23-2)18-16(19-17(12)21)11-20-7-5-3-4-6-8-20/h9-10H,3-8,11H2,1-2H3,(H,18,19,21). The minimum absolute atomic E-state index is 0.138. The van der Waals surface area contributed by atoms with E-state index in [-0.39, 0.29) is 5.56 Å². The molecule has 0 bridgehead atoms. The minimum Gasteiger partial charge on any atom is -0.493 e. The molecule has 2 aromatic rings. The number of rotatable bonds is 4. The molecule has 1 aromatic heterocycles. The highest BCUT2D eigenvalue weighted by Crippen LogP contribution is 2.29. The average molecular weight is 317 g/mol. The van der Waals surface area contributed by atoms with Crippen LogP contribution in [0.2, 0.25) is 0 Å². The van der Waals surface area contributed by atoms with Gasteiger partial charge in [-0.25, -0.2) is 4.98 Å². The third-order valence-corrected chi connectivity index (χ3v) is 4.33. The van der Waals surface area contributed by atoms with Gasteiger partial charge in [0.05, 0.1) is 31.7 Å². The highest BCUT2D eigenvalue weighted by molar-refractivity contribution is 5.81. The number of methoxy groups -OCH3 is 2. The number of aromatic nitrogens is 2. The van der Waals surface area contributed by atoms with Crippen molar-refractivity contribution in [3.05, 3.63) is 28.3 Å². The summed E-state index contributed by atoms with van der Waals surface area (Å²) in [5.74, 6) is 1.82. The Morgan fingerprint density at radius 2 is 1.74 bits per heavy atom. The summed E-state index contributed by atoms with van der Waals surface area (Å²) in [6.07, 6.45) is 5.00. The lowest BCUT2D eigenvalue weighted by Crippen LogP contribution is -2.26. The van der Waals surface area contributed by atoms with Gasteiger partial charge >= 0.3 is 0 Å². The molecule has 6 nitrogen and oxygen atoms in total. The van der Waals surface area contributed by atoms with E-state index in [0.29, 0.717) is 34.8 Å². The number of benzene rings is 1. The molecule has 0 radical (unpaired) electrons. The van der Waals surface area contributed by atoms with Crippen LogP contribution in [0.15, 0.2) is 16.9 Å². The lowest BCUT2D eigenvalue weighted by atomic mass is 10.2. The van der Waals surface area contributed by atoms with E-state index in [1.165, 1.54) is 25.7 Å². The highest BCUT2D eigenvalue weighted by Gasteiger charge is 2.14. The minimum atomic E-state index is -0.138. The second-order valence-electron chi connectivity index (χ2n) is 5.93. The Morgan fingerprint density at radius 3 is 2.39 bits per heavy atom. The molecule has 2 heterocycles. The summed E-state index contributed by atoms with van der Waals surface area (Å²) in [7, 11) is 3.13. The number of nitrogens with zero attached hydrogens (tertiary/aromatic N) is 2. The number of ether oxygens (including phenoxy) is 2. The molecule has 3 rings (SSSR count). The Kier molecular flexibility index (Phi) is 4.81. The predicted molar refractivity (Wildman–Crippen MR) is 89.2 cm³/mol. The maximum Gasteiger partial charge on any atom is 0.258 e. The van der Waals surface area contributed by atoms with E-state index < -0.39 is 0 Å². The van der Waals surface area contributed by atoms with Gasteiger partial charge in [0, 0.05) is 6.07 Å². The van der Waals surface area contributed by atoms with Crippen LogP contribution in [0, 0.1) is 0 Å². The zero-order chi connectivity index (χ0) is 16.2. The van der Waals surface area contributed by atoms with Crippen molar-refractivity contribution in [1.29, 1.82) is 0 Å². The van der Waals surface area contributed by atoms with E-state index in [4.69, 9.17) is 9.47 Å². The summed E-state index contributed by atoms with van der Waals surface area (Å²) in [4.78, 5) is 22.2. The maximum absolute atomic E-state index is 12.4. The molecule has 0 aliphatic carbocycles. The Hall–Kier alpha value is -2.08.